The summed E-state index contributed by atoms with van der Waals surface area (Å²) in [5.74, 6) is 0. The zero-order valence-electron chi connectivity index (χ0n) is 34.5. The van der Waals surface area contributed by atoms with Crippen LogP contribution in [-0.2, 0) is 10.8 Å². The smallest absolute Gasteiger partial charge is 0.0544 e. The molecule has 2 heterocycles. The molecule has 0 saturated carbocycles. The molecule has 0 aliphatic carbocycles. The number of rotatable bonds is 6. The minimum absolute atomic E-state index is 0.177. The lowest BCUT2D eigenvalue weighted by atomic mass is 9.65. The molecule has 0 N–H and O–H groups in total. The van der Waals surface area contributed by atoms with Gasteiger partial charge in [-0.25, -0.2) is 0 Å². The summed E-state index contributed by atoms with van der Waals surface area (Å²) in [5.41, 5.74) is 19.7. The number of hydrogen-bond donors (Lipinski definition) is 0. The van der Waals surface area contributed by atoms with Crippen molar-refractivity contribution in [2.45, 2.75) is 38.5 Å². The van der Waals surface area contributed by atoms with E-state index in [4.69, 9.17) is 0 Å². The lowest BCUT2D eigenvalue weighted by Gasteiger charge is -2.49. The predicted molar refractivity (Wildman–Crippen MR) is 254 cm³/mol. The number of benzene rings is 9. The van der Waals surface area contributed by atoms with E-state index in [1.807, 2.05) is 0 Å². The molecule has 2 aliphatic rings. The van der Waals surface area contributed by atoms with Gasteiger partial charge in [0.15, 0.2) is 0 Å². The van der Waals surface area contributed by atoms with Crippen molar-refractivity contribution in [3.05, 3.63) is 229 Å². The molecule has 0 radical (unpaired) electrons. The van der Waals surface area contributed by atoms with Crippen LogP contribution in [0.4, 0.5) is 34.1 Å². The third kappa shape index (κ3) is 5.70. The average Bonchev–Trinajstić information content (AvgIpc) is 3.30. The van der Waals surface area contributed by atoms with Crippen LogP contribution in [0.15, 0.2) is 206 Å². The van der Waals surface area contributed by atoms with Crippen molar-refractivity contribution in [1.29, 1.82) is 0 Å². The van der Waals surface area contributed by atoms with Gasteiger partial charge in [0.2, 0.25) is 0 Å². The van der Waals surface area contributed by atoms with Crippen LogP contribution in [0.2, 0.25) is 0 Å². The molecule has 0 fully saturated rings. The van der Waals surface area contributed by atoms with Crippen LogP contribution in [0.5, 0.6) is 0 Å². The van der Waals surface area contributed by atoms with Crippen molar-refractivity contribution >= 4 is 44.9 Å². The molecule has 0 aromatic heterocycles. The van der Waals surface area contributed by atoms with E-state index < -0.39 is 0 Å². The lowest BCUT2D eigenvalue weighted by molar-refractivity contribution is 0.598. The Labute approximate surface area is 353 Å². The van der Waals surface area contributed by atoms with Gasteiger partial charge in [-0.2, -0.15) is 0 Å². The molecular weight excluding hydrogens is 725 g/mol. The highest BCUT2D eigenvalue weighted by atomic mass is 15.2. The maximum atomic E-state index is 2.54. The van der Waals surface area contributed by atoms with Gasteiger partial charge in [0.1, 0.15) is 0 Å². The average molecular weight is 771 g/mol. The van der Waals surface area contributed by atoms with Crippen LogP contribution in [0, 0.1) is 0 Å². The molecule has 60 heavy (non-hydrogen) atoms. The second kappa shape index (κ2) is 13.7. The first-order valence-corrected chi connectivity index (χ1v) is 21.1. The summed E-state index contributed by atoms with van der Waals surface area (Å²) in [6, 6.07) is 75.9. The van der Waals surface area contributed by atoms with Gasteiger partial charge in [-0.15, -0.1) is 0 Å². The quantitative estimate of drug-likeness (QED) is 0.166. The monoisotopic (exact) mass is 770 g/mol. The molecule has 288 valence electrons. The second-order valence-electron chi connectivity index (χ2n) is 17.4. The molecule has 0 amide bonds. The SMILES string of the molecule is CC1(C)c2ccccc2N2c3ccccc3C(C)(C)c3cc(-c4ccc5cc(N(c6ccc(-c7ccccc7)cc6)c6ccc(-c7ccccc7)cc6)ccc5c4)cc1c32. The standard InChI is InChI=1S/C58H46N2/c1-57(2)50-19-11-13-21-54(50)60-55-22-14-12-20-51(55)58(3,4)53-38-46(37-52(57)56(53)60)44-23-24-45-36-49(34-29-43(45)35-44)59(47-30-25-41(26-31-47)39-15-7-5-8-16-39)48-32-27-42(28-33-48)40-17-9-6-10-18-40/h5-38H,1-4H3. The Morgan fingerprint density at radius 1 is 0.317 bits per heavy atom. The van der Waals surface area contributed by atoms with E-state index in [9.17, 15) is 0 Å². The van der Waals surface area contributed by atoms with Gasteiger partial charge in [0.05, 0.1) is 17.1 Å². The van der Waals surface area contributed by atoms with E-state index in [0.717, 1.165) is 17.1 Å². The molecule has 0 spiro atoms. The minimum Gasteiger partial charge on any atom is -0.310 e. The summed E-state index contributed by atoms with van der Waals surface area (Å²) < 4.78 is 0. The molecule has 0 saturated heterocycles. The fraction of sp³-hybridized carbons (Fsp3) is 0.103. The predicted octanol–water partition coefficient (Wildman–Crippen LogP) is 16.1. The molecule has 2 heteroatoms. The first-order chi connectivity index (χ1) is 29.3. The van der Waals surface area contributed by atoms with Crippen LogP contribution in [0.25, 0.3) is 44.2 Å². The van der Waals surface area contributed by atoms with Gasteiger partial charge in [-0.3, -0.25) is 0 Å². The number of fused-ring (bicyclic) bond motifs is 5. The van der Waals surface area contributed by atoms with Crippen LogP contribution < -0.4 is 9.80 Å². The van der Waals surface area contributed by atoms with Gasteiger partial charge in [0, 0.05) is 27.9 Å². The second-order valence-corrected chi connectivity index (χ2v) is 17.4. The van der Waals surface area contributed by atoms with E-state index in [0.29, 0.717) is 0 Å². The normalized spacial score (nSPS) is 14.2. The highest BCUT2D eigenvalue weighted by Crippen LogP contribution is 2.60. The maximum absolute atomic E-state index is 2.54. The van der Waals surface area contributed by atoms with Crippen LogP contribution >= 0.6 is 0 Å². The Balaban J connectivity index is 1.01. The largest absolute Gasteiger partial charge is 0.310 e. The fourth-order valence-corrected chi connectivity index (χ4v) is 9.92. The van der Waals surface area contributed by atoms with E-state index in [-0.39, 0.29) is 10.8 Å². The lowest BCUT2D eigenvalue weighted by Crippen LogP contribution is -2.38. The van der Waals surface area contributed by atoms with Crippen molar-refractivity contribution in [3.63, 3.8) is 0 Å². The Bertz CT molecular complexity index is 2900. The zero-order chi connectivity index (χ0) is 40.6. The van der Waals surface area contributed by atoms with E-state index >= 15 is 0 Å². The summed E-state index contributed by atoms with van der Waals surface area (Å²) >= 11 is 0. The zero-order valence-corrected chi connectivity index (χ0v) is 34.5. The highest BCUT2D eigenvalue weighted by Gasteiger charge is 2.45. The third-order valence-electron chi connectivity index (χ3n) is 13.2. The third-order valence-corrected chi connectivity index (χ3v) is 13.2. The summed E-state index contributed by atoms with van der Waals surface area (Å²) in [4.78, 5) is 4.91. The molecular formula is C58H46N2. The Kier molecular flexibility index (Phi) is 8.22. The van der Waals surface area contributed by atoms with Gasteiger partial charge in [0.25, 0.3) is 0 Å². The molecule has 0 unspecified atom stereocenters. The van der Waals surface area contributed by atoms with Gasteiger partial charge >= 0.3 is 0 Å². The molecule has 9 aromatic rings. The van der Waals surface area contributed by atoms with Gasteiger partial charge in [-0.05, 0) is 133 Å². The number of nitrogens with zero attached hydrogens (tertiary/aromatic N) is 2. The Hall–Kier alpha value is -7.16. The summed E-state index contributed by atoms with van der Waals surface area (Å²) in [7, 11) is 0. The summed E-state index contributed by atoms with van der Waals surface area (Å²) in [6.07, 6.45) is 0. The minimum atomic E-state index is -0.177. The highest BCUT2D eigenvalue weighted by molar-refractivity contribution is 5.96. The first kappa shape index (κ1) is 36.0. The number of anilines is 6. The molecule has 0 bridgehead atoms. The number of para-hydroxylation sites is 2. The van der Waals surface area contributed by atoms with Gasteiger partial charge < -0.3 is 9.80 Å². The summed E-state index contributed by atoms with van der Waals surface area (Å²) in [5, 5.41) is 2.43. The molecule has 2 aliphatic heterocycles. The fourth-order valence-electron chi connectivity index (χ4n) is 9.92. The van der Waals surface area contributed by atoms with Crippen LogP contribution in [-0.4, -0.2) is 0 Å². The van der Waals surface area contributed by atoms with Gasteiger partial charge in [-0.1, -0.05) is 167 Å². The topological polar surface area (TPSA) is 6.48 Å². The van der Waals surface area contributed by atoms with Crippen molar-refractivity contribution in [3.8, 4) is 33.4 Å². The molecule has 9 aromatic carbocycles. The van der Waals surface area contributed by atoms with Crippen LogP contribution in [0.1, 0.15) is 49.9 Å². The molecule has 2 nitrogen and oxygen atoms in total. The summed E-state index contributed by atoms with van der Waals surface area (Å²) in [6.45, 7) is 9.59. The Morgan fingerprint density at radius 2 is 0.717 bits per heavy atom. The maximum Gasteiger partial charge on any atom is 0.0544 e. The first-order valence-electron chi connectivity index (χ1n) is 21.1. The van der Waals surface area contributed by atoms with Crippen molar-refractivity contribution in [2.24, 2.45) is 0 Å². The van der Waals surface area contributed by atoms with Crippen molar-refractivity contribution in [1.82, 2.24) is 0 Å². The molecule has 11 rings (SSSR count). The Morgan fingerprint density at radius 3 is 1.23 bits per heavy atom. The van der Waals surface area contributed by atoms with Crippen LogP contribution in [0.3, 0.4) is 0 Å². The number of hydrogen-bond acceptors (Lipinski definition) is 2. The van der Waals surface area contributed by atoms with Crippen molar-refractivity contribution in [2.75, 3.05) is 9.80 Å². The van der Waals surface area contributed by atoms with E-state index in [1.165, 1.54) is 83.5 Å². The van der Waals surface area contributed by atoms with E-state index in [1.54, 1.807) is 0 Å². The molecule has 0 atom stereocenters. The van der Waals surface area contributed by atoms with Crippen molar-refractivity contribution < 1.29 is 0 Å². The van der Waals surface area contributed by atoms with E-state index in [2.05, 4.69) is 244 Å².